The minimum atomic E-state index is -1.78. The number of thioether (sulfide) groups is 1. The molecule has 1 rings (SSSR count). The normalized spacial score (nSPS) is 13.5. The third kappa shape index (κ3) is 4.39. The highest BCUT2D eigenvalue weighted by Crippen LogP contribution is 2.40. The Labute approximate surface area is 122 Å². The topological polar surface area (TPSA) is 22.1 Å². The molecule has 0 bridgehead atoms. The summed E-state index contributed by atoms with van der Waals surface area (Å²) in [5, 5.41) is 2.20. The molecule has 1 heterocycles. The van der Waals surface area contributed by atoms with Crippen LogP contribution >= 0.6 is 11.8 Å². The van der Waals surface area contributed by atoms with Crippen LogP contribution in [0.25, 0.3) is 0 Å². The van der Waals surface area contributed by atoms with Gasteiger partial charge in [-0.25, -0.2) is 4.98 Å². The molecule has 2 nitrogen and oxygen atoms in total. The minimum Gasteiger partial charge on any atom is -0.539 e. The van der Waals surface area contributed by atoms with Gasteiger partial charge in [-0.05, 0) is 61.4 Å². The largest absolute Gasteiger partial charge is 0.539 e. The summed E-state index contributed by atoms with van der Waals surface area (Å²) in [6.45, 7) is 15.4. The van der Waals surface area contributed by atoms with E-state index in [1.54, 1.807) is 11.8 Å². The number of aromatic nitrogens is 1. The van der Waals surface area contributed by atoms with Gasteiger partial charge < -0.3 is 4.43 Å². The number of rotatable bonds is 4. The molecule has 0 amide bonds. The van der Waals surface area contributed by atoms with Crippen LogP contribution in [0.5, 0.6) is 0 Å². The minimum absolute atomic E-state index is 0.209. The van der Waals surface area contributed by atoms with Gasteiger partial charge in [-0.3, -0.25) is 0 Å². The molecule has 1 aromatic heterocycles. The summed E-state index contributed by atoms with van der Waals surface area (Å²) in [5.41, 5.74) is 1.19. The van der Waals surface area contributed by atoms with Crippen LogP contribution in [0.15, 0.2) is 34.5 Å². The lowest BCUT2D eigenvalue weighted by Crippen LogP contribution is -2.40. The SMILES string of the molecule is CC=C(O[Si](C)(C)C(C)(C)C)Sc1ncccc1C. The second-order valence-electron chi connectivity index (χ2n) is 6.20. The summed E-state index contributed by atoms with van der Waals surface area (Å²) >= 11 is 1.62. The second kappa shape index (κ2) is 6.14. The summed E-state index contributed by atoms with van der Waals surface area (Å²) in [6.07, 6.45) is 3.87. The maximum Gasteiger partial charge on any atom is 0.251 e. The van der Waals surface area contributed by atoms with Gasteiger partial charge in [-0.2, -0.15) is 0 Å². The first-order valence-electron chi connectivity index (χ1n) is 6.62. The van der Waals surface area contributed by atoms with Gasteiger partial charge in [0.1, 0.15) is 10.1 Å². The van der Waals surface area contributed by atoms with E-state index >= 15 is 0 Å². The van der Waals surface area contributed by atoms with E-state index < -0.39 is 8.32 Å². The van der Waals surface area contributed by atoms with Crippen LogP contribution in [0.4, 0.5) is 0 Å². The molecule has 0 aliphatic rings. The zero-order valence-corrected chi connectivity index (χ0v) is 14.9. The van der Waals surface area contributed by atoms with E-state index in [4.69, 9.17) is 4.43 Å². The van der Waals surface area contributed by atoms with E-state index in [0.717, 1.165) is 10.1 Å². The van der Waals surface area contributed by atoms with E-state index in [1.807, 2.05) is 25.3 Å². The molecule has 4 heteroatoms. The Morgan fingerprint density at radius 3 is 2.47 bits per heavy atom. The standard InChI is InChI=1S/C15H25NOSSi/c1-8-13(17-19(6,7)15(3,4)5)18-14-12(2)10-9-11-16-14/h8-11H,1-7H3. The molecule has 106 valence electrons. The van der Waals surface area contributed by atoms with E-state index in [9.17, 15) is 0 Å². The molecular formula is C15H25NOSSi. The number of hydrogen-bond donors (Lipinski definition) is 0. The Morgan fingerprint density at radius 2 is 2.00 bits per heavy atom. The number of allylic oxidation sites excluding steroid dienone is 1. The maximum atomic E-state index is 6.33. The van der Waals surface area contributed by atoms with Gasteiger partial charge in [0.2, 0.25) is 0 Å². The van der Waals surface area contributed by atoms with Gasteiger partial charge in [0, 0.05) is 6.20 Å². The second-order valence-corrected chi connectivity index (χ2v) is 11.9. The summed E-state index contributed by atoms with van der Waals surface area (Å²) < 4.78 is 6.33. The summed E-state index contributed by atoms with van der Waals surface area (Å²) in [4.78, 5) is 4.42. The van der Waals surface area contributed by atoms with Crippen molar-refractivity contribution in [3.05, 3.63) is 35.1 Å². The van der Waals surface area contributed by atoms with E-state index in [0.29, 0.717) is 0 Å². The molecule has 0 atom stereocenters. The Balaban J connectivity index is 2.85. The van der Waals surface area contributed by atoms with Crippen LogP contribution in [0, 0.1) is 6.92 Å². The highest BCUT2D eigenvalue weighted by molar-refractivity contribution is 8.02. The van der Waals surface area contributed by atoms with Gasteiger partial charge in [-0.1, -0.05) is 26.8 Å². The van der Waals surface area contributed by atoms with Crippen LogP contribution in [-0.4, -0.2) is 13.3 Å². The highest BCUT2D eigenvalue weighted by Gasteiger charge is 2.39. The predicted octanol–water partition coefficient (Wildman–Crippen LogP) is 5.37. The molecule has 0 fully saturated rings. The monoisotopic (exact) mass is 295 g/mol. The van der Waals surface area contributed by atoms with E-state index in [1.165, 1.54) is 5.56 Å². The van der Waals surface area contributed by atoms with Crippen LogP contribution < -0.4 is 0 Å². The molecule has 0 radical (unpaired) electrons. The number of nitrogens with zero attached hydrogens (tertiary/aromatic N) is 1. The van der Waals surface area contributed by atoms with Crippen LogP contribution in [0.2, 0.25) is 18.1 Å². The van der Waals surface area contributed by atoms with Gasteiger partial charge in [-0.15, -0.1) is 0 Å². The highest BCUT2D eigenvalue weighted by atomic mass is 32.2. The molecule has 0 N–H and O–H groups in total. The zero-order chi connectivity index (χ0) is 14.7. The number of hydrogen-bond acceptors (Lipinski definition) is 3. The van der Waals surface area contributed by atoms with Crippen molar-refractivity contribution in [3.63, 3.8) is 0 Å². The molecule has 1 aromatic rings. The molecule has 0 saturated heterocycles. The zero-order valence-electron chi connectivity index (χ0n) is 13.1. The Morgan fingerprint density at radius 1 is 1.37 bits per heavy atom. The van der Waals surface area contributed by atoms with Crippen LogP contribution in [0.1, 0.15) is 33.3 Å². The van der Waals surface area contributed by atoms with Gasteiger partial charge >= 0.3 is 0 Å². The van der Waals surface area contributed by atoms with Crippen molar-refractivity contribution in [2.75, 3.05) is 0 Å². The van der Waals surface area contributed by atoms with Crippen LogP contribution in [-0.2, 0) is 4.43 Å². The summed E-state index contributed by atoms with van der Waals surface area (Å²) in [7, 11) is -1.78. The van der Waals surface area contributed by atoms with Crippen molar-refractivity contribution in [2.45, 2.75) is 57.8 Å². The molecule has 0 saturated carbocycles. The predicted molar refractivity (Wildman–Crippen MR) is 86.9 cm³/mol. The lowest BCUT2D eigenvalue weighted by Gasteiger charge is -2.37. The van der Waals surface area contributed by atoms with Gasteiger partial charge in [0.15, 0.2) is 0 Å². The smallest absolute Gasteiger partial charge is 0.251 e. The average Bonchev–Trinajstić information content (AvgIpc) is 2.29. The third-order valence-electron chi connectivity index (χ3n) is 3.56. The number of pyridine rings is 1. The van der Waals surface area contributed by atoms with E-state index in [-0.39, 0.29) is 5.04 Å². The lowest BCUT2D eigenvalue weighted by atomic mass is 10.2. The fourth-order valence-electron chi connectivity index (χ4n) is 1.22. The van der Waals surface area contributed by atoms with E-state index in [2.05, 4.69) is 51.8 Å². The van der Waals surface area contributed by atoms with Gasteiger partial charge in [0.05, 0.1) is 0 Å². The first kappa shape index (κ1) is 16.3. The Bertz CT molecular complexity index is 463. The molecule has 0 aromatic carbocycles. The Kier molecular flexibility index (Phi) is 5.27. The molecule has 0 unspecified atom stereocenters. The third-order valence-corrected chi connectivity index (χ3v) is 9.19. The molecule has 19 heavy (non-hydrogen) atoms. The van der Waals surface area contributed by atoms with Crippen molar-refractivity contribution in [1.29, 1.82) is 0 Å². The number of aryl methyl sites for hydroxylation is 1. The van der Waals surface area contributed by atoms with Crippen molar-refractivity contribution in [1.82, 2.24) is 4.98 Å². The molecule has 0 aliphatic carbocycles. The lowest BCUT2D eigenvalue weighted by molar-refractivity contribution is 0.417. The summed E-state index contributed by atoms with van der Waals surface area (Å²) in [5.74, 6) is 0. The van der Waals surface area contributed by atoms with Crippen molar-refractivity contribution < 1.29 is 4.43 Å². The quantitative estimate of drug-likeness (QED) is 0.424. The molecular weight excluding hydrogens is 270 g/mol. The average molecular weight is 296 g/mol. The Hall–Kier alpha value is -0.743. The van der Waals surface area contributed by atoms with Crippen LogP contribution in [0.3, 0.4) is 0 Å². The fourth-order valence-corrected chi connectivity index (χ4v) is 3.59. The first-order chi connectivity index (χ1) is 8.67. The fraction of sp³-hybridized carbons (Fsp3) is 0.533. The van der Waals surface area contributed by atoms with Crippen molar-refractivity contribution in [3.8, 4) is 0 Å². The molecule has 0 aliphatic heterocycles. The summed E-state index contributed by atoms with van der Waals surface area (Å²) in [6, 6.07) is 4.04. The van der Waals surface area contributed by atoms with Crippen molar-refractivity contribution in [2.24, 2.45) is 0 Å². The maximum absolute atomic E-state index is 6.33. The first-order valence-corrected chi connectivity index (χ1v) is 10.3. The van der Waals surface area contributed by atoms with Crippen molar-refractivity contribution >= 4 is 20.1 Å². The van der Waals surface area contributed by atoms with Gasteiger partial charge in [0.25, 0.3) is 8.32 Å². The molecule has 0 spiro atoms.